The van der Waals surface area contributed by atoms with Gasteiger partial charge in [0.25, 0.3) is 0 Å². The Morgan fingerprint density at radius 2 is 2.20 bits per heavy atom. The fraction of sp³-hybridized carbons (Fsp3) is 0.600. The van der Waals surface area contributed by atoms with Crippen LogP contribution in [0.5, 0.6) is 0 Å². The van der Waals surface area contributed by atoms with Gasteiger partial charge in [-0.2, -0.15) is 0 Å². The molecule has 0 rings (SSSR count). The Morgan fingerprint density at radius 3 is 2.30 bits per heavy atom. The summed E-state index contributed by atoms with van der Waals surface area (Å²) >= 11 is 1.63. The Labute approximate surface area is 72.7 Å². The minimum atomic E-state index is -0.468. The molecule has 58 valence electrons. The average molecular weight is 256 g/mol. The molecule has 0 saturated carbocycles. The highest BCUT2D eigenvalue weighted by Crippen LogP contribution is 1.98. The van der Waals surface area contributed by atoms with E-state index in [4.69, 9.17) is 5.73 Å². The lowest BCUT2D eigenvalue weighted by atomic mass is 10.2. The lowest BCUT2D eigenvalue weighted by molar-refractivity contribution is -0.121. The van der Waals surface area contributed by atoms with Crippen LogP contribution in [-0.2, 0) is 9.59 Å². The third-order valence-corrected chi connectivity index (χ3v) is 1.78. The zero-order valence-corrected chi connectivity index (χ0v) is 7.71. The van der Waals surface area contributed by atoms with E-state index in [1.54, 1.807) is 29.6 Å². The van der Waals surface area contributed by atoms with E-state index >= 15 is 0 Å². The molecule has 0 aliphatic heterocycles. The summed E-state index contributed by atoms with van der Waals surface area (Å²) in [6.45, 7) is 0. The monoisotopic (exact) mass is 256 g/mol. The van der Waals surface area contributed by atoms with Crippen LogP contribution < -0.4 is 11.1 Å². The Hall–Kier alpha value is -0.170. The topological polar surface area (TPSA) is 72.2 Å². The van der Waals surface area contributed by atoms with Crippen LogP contribution in [0.15, 0.2) is 0 Å². The number of carbonyl (C=O) groups is 2. The summed E-state index contributed by atoms with van der Waals surface area (Å²) < 4.78 is -0.0982. The molecule has 0 bridgehead atoms. The van der Waals surface area contributed by atoms with Crippen LogP contribution in [-0.4, -0.2) is 22.8 Å². The predicted octanol–water partition coefficient (Wildman–Crippen LogP) is -0.589. The molecule has 10 heavy (non-hydrogen) atoms. The van der Waals surface area contributed by atoms with E-state index in [0.717, 1.165) is 0 Å². The van der Waals surface area contributed by atoms with E-state index in [1.807, 2.05) is 0 Å². The van der Waals surface area contributed by atoms with E-state index < -0.39 is 11.9 Å². The van der Waals surface area contributed by atoms with Crippen LogP contribution in [0.1, 0.15) is 6.42 Å². The van der Waals surface area contributed by atoms with E-state index in [9.17, 15) is 9.59 Å². The van der Waals surface area contributed by atoms with E-state index in [1.165, 1.54) is 0 Å². The number of likely N-dealkylation sites (N-methyl/N-ethyl adjacent to an activating group) is 1. The van der Waals surface area contributed by atoms with Gasteiger partial charge in [-0.15, -0.1) is 0 Å². The van der Waals surface area contributed by atoms with Crippen LogP contribution in [0.4, 0.5) is 0 Å². The second-order valence-corrected chi connectivity index (χ2v) is 2.88. The Balaban J connectivity index is 3.83. The highest BCUT2D eigenvalue weighted by Gasteiger charge is 2.14. The van der Waals surface area contributed by atoms with Crippen LogP contribution in [0.2, 0.25) is 0 Å². The van der Waals surface area contributed by atoms with Gasteiger partial charge in [0.1, 0.15) is 0 Å². The summed E-state index contributed by atoms with van der Waals surface area (Å²) in [6.07, 6.45) is 0.0677. The van der Waals surface area contributed by atoms with Crippen molar-refractivity contribution in [3.05, 3.63) is 0 Å². The van der Waals surface area contributed by atoms with Gasteiger partial charge in [0.2, 0.25) is 9.70 Å². The maximum absolute atomic E-state index is 10.6. The first kappa shape index (κ1) is 9.83. The first-order valence-electron chi connectivity index (χ1n) is 2.73. The lowest BCUT2D eigenvalue weighted by Gasteiger charge is -2.07. The first-order chi connectivity index (χ1) is 4.57. The molecule has 3 N–H and O–H groups in total. The van der Waals surface area contributed by atoms with Gasteiger partial charge in [-0.05, 0) is 7.05 Å². The summed E-state index contributed by atoms with van der Waals surface area (Å²) in [5, 5.41) is 2.67. The Morgan fingerprint density at radius 1 is 1.70 bits per heavy atom. The third kappa shape index (κ3) is 3.78. The smallest absolute Gasteiger partial charge is 0.219 e. The van der Waals surface area contributed by atoms with Gasteiger partial charge >= 0.3 is 0 Å². The van der Waals surface area contributed by atoms with Crippen LogP contribution >= 0.6 is 22.6 Å². The van der Waals surface area contributed by atoms with Crippen molar-refractivity contribution in [2.45, 2.75) is 12.5 Å². The summed E-state index contributed by atoms with van der Waals surface area (Å²) in [4.78, 5) is 20.9. The minimum Gasteiger partial charge on any atom is -0.370 e. The largest absolute Gasteiger partial charge is 0.370 e. The molecule has 0 heterocycles. The van der Waals surface area contributed by atoms with Crippen molar-refractivity contribution in [2.24, 2.45) is 5.73 Å². The van der Waals surface area contributed by atoms with Crippen molar-refractivity contribution >= 4 is 32.3 Å². The van der Waals surface area contributed by atoms with Gasteiger partial charge in [0.15, 0.2) is 0 Å². The van der Waals surface area contributed by atoms with Gasteiger partial charge in [0.05, 0.1) is 6.04 Å². The maximum atomic E-state index is 10.6. The van der Waals surface area contributed by atoms with E-state index in [-0.39, 0.29) is 10.2 Å². The van der Waals surface area contributed by atoms with Gasteiger partial charge in [-0.1, -0.05) is 0 Å². The molecule has 0 aliphatic carbocycles. The van der Waals surface area contributed by atoms with Crippen LogP contribution in [0, 0.1) is 0 Å². The second kappa shape index (κ2) is 4.62. The summed E-state index contributed by atoms with van der Waals surface area (Å²) in [7, 11) is 1.62. The molecule has 1 amide bonds. The van der Waals surface area contributed by atoms with Gasteiger partial charge in [-0.3, -0.25) is 9.59 Å². The van der Waals surface area contributed by atoms with Crippen molar-refractivity contribution in [3.8, 4) is 0 Å². The highest BCUT2D eigenvalue weighted by atomic mass is 127. The Bertz CT molecular complexity index is 149. The number of carbonyl (C=O) groups excluding carboxylic acids is 2. The fourth-order valence-electron chi connectivity index (χ4n) is 0.497. The first-order valence-corrected chi connectivity index (χ1v) is 3.80. The predicted molar refractivity (Wildman–Crippen MR) is 45.7 cm³/mol. The highest BCUT2D eigenvalue weighted by molar-refractivity contribution is 14.1. The number of amides is 1. The normalized spacial score (nSPS) is 12.6. The molecule has 0 aliphatic rings. The van der Waals surface area contributed by atoms with Crippen LogP contribution in [0.25, 0.3) is 0 Å². The summed E-state index contributed by atoms with van der Waals surface area (Å²) in [5.41, 5.74) is 4.87. The molecule has 1 unspecified atom stereocenters. The van der Waals surface area contributed by atoms with E-state index in [0.29, 0.717) is 0 Å². The number of nitrogens with two attached hydrogens (primary N) is 1. The molecule has 0 aromatic carbocycles. The van der Waals surface area contributed by atoms with Crippen molar-refractivity contribution in [2.75, 3.05) is 7.05 Å². The number of halogens is 1. The Kier molecular flexibility index (Phi) is 4.54. The van der Waals surface area contributed by atoms with Gasteiger partial charge < -0.3 is 11.1 Å². The number of hydrogen-bond acceptors (Lipinski definition) is 3. The molecule has 5 heteroatoms. The van der Waals surface area contributed by atoms with Crippen molar-refractivity contribution in [1.29, 1.82) is 0 Å². The van der Waals surface area contributed by atoms with Crippen molar-refractivity contribution in [1.82, 2.24) is 5.32 Å². The molecule has 0 radical (unpaired) electrons. The minimum absolute atomic E-state index is 0.0677. The number of primary amides is 1. The van der Waals surface area contributed by atoms with E-state index in [2.05, 4.69) is 5.32 Å². The van der Waals surface area contributed by atoms with Crippen molar-refractivity contribution < 1.29 is 9.59 Å². The molecular formula is C5H9IN2O2. The standard InChI is InChI=1S/C5H9IN2O2/c1-8-3(5(6)10)2-4(7)9/h3,8H,2H2,1H3,(H2,7,9). The zero-order chi connectivity index (χ0) is 8.15. The molecule has 0 aromatic rings. The quantitative estimate of drug-likeness (QED) is 0.521. The number of hydrogen-bond donors (Lipinski definition) is 2. The van der Waals surface area contributed by atoms with Gasteiger partial charge in [-0.25, -0.2) is 0 Å². The maximum Gasteiger partial charge on any atom is 0.219 e. The average Bonchev–Trinajstić information content (AvgIpc) is 1.81. The SMILES string of the molecule is CNC(CC(N)=O)C(=O)I. The van der Waals surface area contributed by atoms with Gasteiger partial charge in [0, 0.05) is 29.0 Å². The summed E-state index contributed by atoms with van der Waals surface area (Å²) in [6, 6.07) is -0.432. The molecule has 0 spiro atoms. The molecule has 4 nitrogen and oxygen atoms in total. The second-order valence-electron chi connectivity index (χ2n) is 1.82. The number of nitrogens with one attached hydrogen (secondary N) is 1. The fourth-order valence-corrected chi connectivity index (χ4v) is 1.03. The molecule has 0 fully saturated rings. The molecular weight excluding hydrogens is 247 g/mol. The lowest BCUT2D eigenvalue weighted by Crippen LogP contribution is -2.35. The number of rotatable bonds is 4. The van der Waals surface area contributed by atoms with Crippen LogP contribution in [0.3, 0.4) is 0 Å². The molecule has 1 atom stereocenters. The third-order valence-electron chi connectivity index (χ3n) is 1.03. The zero-order valence-electron chi connectivity index (χ0n) is 5.56. The van der Waals surface area contributed by atoms with Crippen molar-refractivity contribution in [3.63, 3.8) is 0 Å². The molecule has 0 aromatic heterocycles. The summed E-state index contributed by atoms with van der Waals surface area (Å²) in [5.74, 6) is -0.468. The molecule has 0 saturated heterocycles.